The summed E-state index contributed by atoms with van der Waals surface area (Å²) < 4.78 is 15.6. The molecule has 0 saturated heterocycles. The largest absolute Gasteiger partial charge is 0.497 e. The molecule has 5 nitrogen and oxygen atoms in total. The molecular weight excluding hydrogens is 318 g/mol. The van der Waals surface area contributed by atoms with Crippen molar-refractivity contribution in [2.75, 3.05) is 21.3 Å². The lowest BCUT2D eigenvalue weighted by Crippen LogP contribution is -2.24. The van der Waals surface area contributed by atoms with Crippen LogP contribution in [0, 0.1) is 0 Å². The van der Waals surface area contributed by atoms with Gasteiger partial charge < -0.3 is 19.5 Å². The molecule has 1 atom stereocenters. The van der Waals surface area contributed by atoms with Crippen molar-refractivity contribution in [2.45, 2.75) is 13.0 Å². The van der Waals surface area contributed by atoms with Gasteiger partial charge in [0.1, 0.15) is 5.75 Å². The summed E-state index contributed by atoms with van der Waals surface area (Å²) in [5.41, 5.74) is 1.86. The first kappa shape index (κ1) is 18.4. The van der Waals surface area contributed by atoms with Crippen molar-refractivity contribution in [2.24, 2.45) is 0 Å². The third kappa shape index (κ3) is 5.01. The molecule has 2 aromatic carbocycles. The van der Waals surface area contributed by atoms with Crippen LogP contribution in [-0.4, -0.2) is 27.2 Å². The second-order valence-corrected chi connectivity index (χ2v) is 5.45. The van der Waals surface area contributed by atoms with Crippen LogP contribution in [0.25, 0.3) is 6.08 Å². The minimum Gasteiger partial charge on any atom is -0.497 e. The van der Waals surface area contributed by atoms with Gasteiger partial charge in [-0.05, 0) is 48.4 Å². The Morgan fingerprint density at radius 1 is 0.960 bits per heavy atom. The smallest absolute Gasteiger partial charge is 0.244 e. The zero-order chi connectivity index (χ0) is 18.2. The Labute approximate surface area is 148 Å². The van der Waals surface area contributed by atoms with Crippen LogP contribution in [0.4, 0.5) is 0 Å². The molecule has 0 aliphatic rings. The fraction of sp³-hybridized carbons (Fsp3) is 0.250. The Morgan fingerprint density at radius 2 is 1.64 bits per heavy atom. The standard InChI is InChI=1S/C20H23NO4/c1-14(16-8-11-18(24-3)19(13-16)25-4)21-20(22)12-7-15-5-9-17(23-2)10-6-15/h5-14H,1-4H3,(H,21,22)/b12-7+/t14-/m1/s1. The summed E-state index contributed by atoms with van der Waals surface area (Å²) in [6, 6.07) is 12.9. The van der Waals surface area contributed by atoms with E-state index in [-0.39, 0.29) is 11.9 Å². The average Bonchev–Trinajstić information content (AvgIpc) is 2.66. The first-order valence-electron chi connectivity index (χ1n) is 7.92. The molecule has 0 bridgehead atoms. The molecule has 25 heavy (non-hydrogen) atoms. The SMILES string of the molecule is COc1ccc(/C=C/C(=O)N[C@H](C)c2ccc(OC)c(OC)c2)cc1. The molecule has 0 aromatic heterocycles. The quantitative estimate of drug-likeness (QED) is 0.782. The molecule has 2 aromatic rings. The van der Waals surface area contributed by atoms with Crippen LogP contribution in [0.5, 0.6) is 17.2 Å². The van der Waals surface area contributed by atoms with Crippen molar-refractivity contribution >= 4 is 12.0 Å². The van der Waals surface area contributed by atoms with Crippen molar-refractivity contribution in [3.05, 3.63) is 59.7 Å². The number of amides is 1. The number of methoxy groups -OCH3 is 3. The summed E-state index contributed by atoms with van der Waals surface area (Å²) in [5, 5.41) is 2.93. The summed E-state index contributed by atoms with van der Waals surface area (Å²) in [5.74, 6) is 1.90. The van der Waals surface area contributed by atoms with Crippen LogP contribution >= 0.6 is 0 Å². The zero-order valence-corrected chi connectivity index (χ0v) is 14.9. The van der Waals surface area contributed by atoms with Crippen molar-refractivity contribution in [1.29, 1.82) is 0 Å². The minimum absolute atomic E-state index is 0.159. The van der Waals surface area contributed by atoms with E-state index in [4.69, 9.17) is 14.2 Å². The van der Waals surface area contributed by atoms with E-state index < -0.39 is 0 Å². The van der Waals surface area contributed by atoms with E-state index in [0.29, 0.717) is 11.5 Å². The van der Waals surface area contributed by atoms with Gasteiger partial charge in [-0.25, -0.2) is 0 Å². The Balaban J connectivity index is 2.00. The van der Waals surface area contributed by atoms with Crippen LogP contribution < -0.4 is 19.5 Å². The maximum absolute atomic E-state index is 12.1. The fourth-order valence-electron chi connectivity index (χ4n) is 2.35. The van der Waals surface area contributed by atoms with E-state index in [1.165, 1.54) is 6.08 Å². The summed E-state index contributed by atoms with van der Waals surface area (Å²) in [6.45, 7) is 1.92. The van der Waals surface area contributed by atoms with E-state index in [1.54, 1.807) is 27.4 Å². The number of ether oxygens (including phenoxy) is 3. The van der Waals surface area contributed by atoms with E-state index >= 15 is 0 Å². The highest BCUT2D eigenvalue weighted by Crippen LogP contribution is 2.29. The zero-order valence-electron chi connectivity index (χ0n) is 14.9. The minimum atomic E-state index is -0.168. The van der Waals surface area contributed by atoms with Crippen molar-refractivity contribution in [3.8, 4) is 17.2 Å². The normalized spacial score (nSPS) is 11.8. The molecule has 0 unspecified atom stereocenters. The van der Waals surface area contributed by atoms with E-state index in [9.17, 15) is 4.79 Å². The van der Waals surface area contributed by atoms with Gasteiger partial charge in [0.15, 0.2) is 11.5 Å². The third-order valence-electron chi connectivity index (χ3n) is 3.81. The van der Waals surface area contributed by atoms with E-state index in [2.05, 4.69) is 5.32 Å². The fourth-order valence-corrected chi connectivity index (χ4v) is 2.35. The van der Waals surface area contributed by atoms with Crippen LogP contribution in [0.1, 0.15) is 24.1 Å². The number of carbonyl (C=O) groups is 1. The number of rotatable bonds is 7. The maximum Gasteiger partial charge on any atom is 0.244 e. The lowest BCUT2D eigenvalue weighted by atomic mass is 10.1. The van der Waals surface area contributed by atoms with Gasteiger partial charge in [-0.3, -0.25) is 4.79 Å². The second kappa shape index (κ2) is 8.78. The molecule has 0 saturated carbocycles. The summed E-state index contributed by atoms with van der Waals surface area (Å²) in [6.07, 6.45) is 3.27. The molecule has 0 aliphatic heterocycles. The monoisotopic (exact) mass is 341 g/mol. The predicted octanol–water partition coefficient (Wildman–Crippen LogP) is 3.60. The topological polar surface area (TPSA) is 56.8 Å². The number of benzene rings is 2. The van der Waals surface area contributed by atoms with Gasteiger partial charge in [-0.1, -0.05) is 18.2 Å². The van der Waals surface area contributed by atoms with Gasteiger partial charge in [-0.15, -0.1) is 0 Å². The molecule has 0 aliphatic carbocycles. The van der Waals surface area contributed by atoms with E-state index in [1.807, 2.05) is 49.4 Å². The highest BCUT2D eigenvalue weighted by atomic mass is 16.5. The average molecular weight is 341 g/mol. The van der Waals surface area contributed by atoms with Crippen LogP contribution in [0.3, 0.4) is 0 Å². The van der Waals surface area contributed by atoms with Gasteiger partial charge in [0.25, 0.3) is 0 Å². The van der Waals surface area contributed by atoms with Crippen molar-refractivity contribution < 1.29 is 19.0 Å². The Bertz CT molecular complexity index is 738. The van der Waals surface area contributed by atoms with Gasteiger partial charge in [0.2, 0.25) is 5.91 Å². The van der Waals surface area contributed by atoms with E-state index in [0.717, 1.165) is 16.9 Å². The molecule has 132 valence electrons. The van der Waals surface area contributed by atoms with Crippen molar-refractivity contribution in [3.63, 3.8) is 0 Å². The highest BCUT2D eigenvalue weighted by molar-refractivity contribution is 5.92. The van der Waals surface area contributed by atoms with Gasteiger partial charge in [-0.2, -0.15) is 0 Å². The molecule has 1 amide bonds. The Hall–Kier alpha value is -2.95. The molecule has 5 heteroatoms. The molecule has 0 fully saturated rings. The summed E-state index contributed by atoms with van der Waals surface area (Å²) in [4.78, 5) is 12.1. The van der Waals surface area contributed by atoms with Gasteiger partial charge >= 0.3 is 0 Å². The number of nitrogens with one attached hydrogen (secondary N) is 1. The van der Waals surface area contributed by atoms with Crippen LogP contribution in [0.2, 0.25) is 0 Å². The summed E-state index contributed by atoms with van der Waals surface area (Å²) >= 11 is 0. The second-order valence-electron chi connectivity index (χ2n) is 5.45. The third-order valence-corrected chi connectivity index (χ3v) is 3.81. The maximum atomic E-state index is 12.1. The first-order chi connectivity index (χ1) is 12.1. The lowest BCUT2D eigenvalue weighted by Gasteiger charge is -2.15. The number of hydrogen-bond donors (Lipinski definition) is 1. The van der Waals surface area contributed by atoms with Crippen LogP contribution in [0.15, 0.2) is 48.5 Å². The first-order valence-corrected chi connectivity index (χ1v) is 7.92. The molecule has 1 N–H and O–H groups in total. The molecule has 0 heterocycles. The van der Waals surface area contributed by atoms with Gasteiger partial charge in [0.05, 0.1) is 27.4 Å². The van der Waals surface area contributed by atoms with Gasteiger partial charge in [0, 0.05) is 6.08 Å². The predicted molar refractivity (Wildman–Crippen MR) is 98.1 cm³/mol. The Morgan fingerprint density at radius 3 is 2.24 bits per heavy atom. The Kier molecular flexibility index (Phi) is 6.46. The number of hydrogen-bond acceptors (Lipinski definition) is 4. The summed E-state index contributed by atoms with van der Waals surface area (Å²) in [7, 11) is 4.79. The lowest BCUT2D eigenvalue weighted by molar-refractivity contribution is -0.117. The molecular formula is C20H23NO4. The molecule has 2 rings (SSSR count). The van der Waals surface area contributed by atoms with Crippen molar-refractivity contribution in [1.82, 2.24) is 5.32 Å². The highest BCUT2D eigenvalue weighted by Gasteiger charge is 2.11. The molecule has 0 spiro atoms. The van der Waals surface area contributed by atoms with Crippen LogP contribution in [-0.2, 0) is 4.79 Å². The number of carbonyl (C=O) groups excluding carboxylic acids is 1. The molecule has 0 radical (unpaired) electrons.